The summed E-state index contributed by atoms with van der Waals surface area (Å²) in [5, 5.41) is 6.93. The van der Waals surface area contributed by atoms with E-state index < -0.39 is 6.17 Å². The van der Waals surface area contributed by atoms with Gasteiger partial charge in [0.25, 0.3) is 0 Å². The standard InChI is InChI=1S/C29H36FN3O2/c1-21-18-24(30)20-33(21)25(34)19-31-29-15-12-28(13-16-29,14-17-29)27(35)32-26(22-8-4-2-5-9-22)23-10-6-3-7-11-23/h2-11,21,24,26,31H,12-20H2,1H3,(H,32,35). The molecule has 186 valence electrons. The van der Waals surface area contributed by atoms with Crippen LogP contribution in [0.4, 0.5) is 4.39 Å². The van der Waals surface area contributed by atoms with Gasteiger partial charge in [-0.2, -0.15) is 0 Å². The Morgan fingerprint density at radius 1 is 0.943 bits per heavy atom. The quantitative estimate of drug-likeness (QED) is 0.616. The van der Waals surface area contributed by atoms with Gasteiger partial charge in [0.05, 0.1) is 19.1 Å². The zero-order chi connectivity index (χ0) is 24.5. The molecule has 4 aliphatic rings. The number of alkyl halides is 1. The Morgan fingerprint density at radius 3 is 1.97 bits per heavy atom. The monoisotopic (exact) mass is 477 g/mol. The molecule has 2 N–H and O–H groups in total. The molecule has 5 nitrogen and oxygen atoms in total. The number of nitrogens with one attached hydrogen (secondary N) is 2. The number of likely N-dealkylation sites (tertiary alicyclic amines) is 1. The average molecular weight is 478 g/mol. The maximum atomic E-state index is 13.7. The van der Waals surface area contributed by atoms with E-state index in [1.54, 1.807) is 4.90 Å². The number of benzene rings is 2. The molecule has 3 saturated carbocycles. The van der Waals surface area contributed by atoms with Crippen LogP contribution in [0.25, 0.3) is 0 Å². The van der Waals surface area contributed by atoms with Crippen LogP contribution < -0.4 is 10.6 Å². The lowest BCUT2D eigenvalue weighted by atomic mass is 9.56. The zero-order valence-electron chi connectivity index (χ0n) is 20.5. The van der Waals surface area contributed by atoms with Crippen molar-refractivity contribution in [3.05, 3.63) is 71.8 Å². The van der Waals surface area contributed by atoms with E-state index in [1.807, 2.05) is 43.3 Å². The molecule has 2 aromatic carbocycles. The fraction of sp³-hybridized carbons (Fsp3) is 0.517. The van der Waals surface area contributed by atoms with E-state index in [1.165, 1.54) is 0 Å². The minimum absolute atomic E-state index is 0.0132. The molecule has 0 radical (unpaired) electrons. The van der Waals surface area contributed by atoms with Crippen molar-refractivity contribution < 1.29 is 14.0 Å². The molecular weight excluding hydrogens is 441 g/mol. The van der Waals surface area contributed by atoms with Crippen molar-refractivity contribution in [3.63, 3.8) is 0 Å². The highest BCUT2D eigenvalue weighted by Crippen LogP contribution is 2.52. The first kappa shape index (κ1) is 24.0. The van der Waals surface area contributed by atoms with Crippen LogP contribution in [0.5, 0.6) is 0 Å². The number of nitrogens with zero attached hydrogens (tertiary/aromatic N) is 1. The van der Waals surface area contributed by atoms with E-state index in [0.717, 1.165) is 49.7 Å². The van der Waals surface area contributed by atoms with Crippen LogP contribution in [0.15, 0.2) is 60.7 Å². The van der Waals surface area contributed by atoms with Crippen LogP contribution in [0.3, 0.4) is 0 Å². The molecule has 3 aliphatic carbocycles. The van der Waals surface area contributed by atoms with Gasteiger partial charge in [0, 0.05) is 23.4 Å². The smallest absolute Gasteiger partial charge is 0.236 e. The number of halogens is 1. The van der Waals surface area contributed by atoms with Crippen LogP contribution in [-0.2, 0) is 9.59 Å². The highest BCUT2D eigenvalue weighted by Gasteiger charge is 2.52. The number of carbonyl (C=O) groups is 2. The summed E-state index contributed by atoms with van der Waals surface area (Å²) in [6.07, 6.45) is 4.64. The lowest BCUT2D eigenvalue weighted by molar-refractivity contribution is -0.140. The van der Waals surface area contributed by atoms with E-state index >= 15 is 0 Å². The second-order valence-electron chi connectivity index (χ2n) is 10.9. The Morgan fingerprint density at radius 2 is 1.49 bits per heavy atom. The van der Waals surface area contributed by atoms with Gasteiger partial charge in [0.1, 0.15) is 6.17 Å². The van der Waals surface area contributed by atoms with Gasteiger partial charge < -0.3 is 15.5 Å². The molecular formula is C29H36FN3O2. The van der Waals surface area contributed by atoms with Crippen molar-refractivity contribution in [1.82, 2.24) is 15.5 Å². The van der Waals surface area contributed by atoms with Crippen LogP contribution in [-0.4, -0.2) is 47.6 Å². The molecule has 2 atom stereocenters. The molecule has 1 aliphatic heterocycles. The Labute approximate surface area is 207 Å². The van der Waals surface area contributed by atoms with E-state index in [4.69, 9.17) is 0 Å². The summed E-state index contributed by atoms with van der Waals surface area (Å²) in [4.78, 5) is 28.1. The molecule has 0 spiro atoms. The molecule has 6 rings (SSSR count). The number of amides is 2. The number of rotatable bonds is 7. The average Bonchev–Trinajstić information content (AvgIpc) is 3.25. The lowest BCUT2D eigenvalue weighted by Gasteiger charge is -2.53. The van der Waals surface area contributed by atoms with Crippen LogP contribution in [0, 0.1) is 5.41 Å². The summed E-state index contributed by atoms with van der Waals surface area (Å²) >= 11 is 0. The summed E-state index contributed by atoms with van der Waals surface area (Å²) < 4.78 is 13.7. The first-order chi connectivity index (χ1) is 16.9. The molecule has 2 aromatic rings. The SMILES string of the molecule is CC1CC(F)CN1C(=O)CNC12CCC(C(=O)NC(c3ccccc3)c3ccccc3)(CC1)CC2. The third-order valence-corrected chi connectivity index (χ3v) is 8.73. The van der Waals surface area contributed by atoms with E-state index in [0.29, 0.717) is 6.42 Å². The molecule has 6 heteroatoms. The molecule has 0 aromatic heterocycles. The Bertz CT molecular complexity index is 980. The lowest BCUT2D eigenvalue weighted by Crippen LogP contribution is -2.60. The summed E-state index contributed by atoms with van der Waals surface area (Å²) in [7, 11) is 0. The van der Waals surface area contributed by atoms with Crippen molar-refractivity contribution in [2.75, 3.05) is 13.1 Å². The second-order valence-corrected chi connectivity index (χ2v) is 10.9. The van der Waals surface area contributed by atoms with Crippen molar-refractivity contribution in [3.8, 4) is 0 Å². The van der Waals surface area contributed by atoms with E-state index in [9.17, 15) is 14.0 Å². The van der Waals surface area contributed by atoms with Crippen molar-refractivity contribution in [1.29, 1.82) is 0 Å². The number of carbonyl (C=O) groups excluding carboxylic acids is 2. The van der Waals surface area contributed by atoms with Crippen molar-refractivity contribution >= 4 is 11.8 Å². The van der Waals surface area contributed by atoms with E-state index in [-0.39, 0.29) is 47.9 Å². The third-order valence-electron chi connectivity index (χ3n) is 8.73. The molecule has 2 amide bonds. The van der Waals surface area contributed by atoms with Gasteiger partial charge >= 0.3 is 0 Å². The predicted octanol–water partition coefficient (Wildman–Crippen LogP) is 4.53. The molecule has 2 bridgehead atoms. The van der Waals surface area contributed by atoms with Crippen molar-refractivity contribution in [2.24, 2.45) is 5.41 Å². The Kier molecular flexibility index (Phi) is 6.67. The van der Waals surface area contributed by atoms with Gasteiger partial charge in [-0.15, -0.1) is 0 Å². The topological polar surface area (TPSA) is 61.4 Å². The van der Waals surface area contributed by atoms with E-state index in [2.05, 4.69) is 34.9 Å². The second kappa shape index (κ2) is 9.73. The molecule has 2 unspecified atom stereocenters. The Balaban J connectivity index is 1.22. The highest BCUT2D eigenvalue weighted by molar-refractivity contribution is 5.84. The number of hydrogen-bond donors (Lipinski definition) is 2. The summed E-state index contributed by atoms with van der Waals surface area (Å²) in [6, 6.07) is 20.1. The minimum Gasteiger partial charge on any atom is -0.345 e. The molecule has 1 saturated heterocycles. The summed E-state index contributed by atoms with van der Waals surface area (Å²) in [6.45, 7) is 2.38. The van der Waals surface area contributed by atoms with Gasteiger partial charge in [-0.1, -0.05) is 60.7 Å². The van der Waals surface area contributed by atoms with Crippen LogP contribution >= 0.6 is 0 Å². The van der Waals surface area contributed by atoms with Crippen molar-refractivity contribution in [2.45, 2.75) is 75.7 Å². The van der Waals surface area contributed by atoms with Crippen LogP contribution in [0.2, 0.25) is 0 Å². The fourth-order valence-electron chi connectivity index (χ4n) is 6.40. The predicted molar refractivity (Wildman–Crippen MR) is 134 cm³/mol. The zero-order valence-corrected chi connectivity index (χ0v) is 20.5. The number of hydrogen-bond acceptors (Lipinski definition) is 3. The molecule has 4 fully saturated rings. The first-order valence-corrected chi connectivity index (χ1v) is 13.0. The summed E-state index contributed by atoms with van der Waals surface area (Å²) in [5.74, 6) is 0.125. The van der Waals surface area contributed by atoms with Gasteiger partial charge in [-0.05, 0) is 56.6 Å². The largest absolute Gasteiger partial charge is 0.345 e. The highest BCUT2D eigenvalue weighted by atomic mass is 19.1. The maximum Gasteiger partial charge on any atom is 0.236 e. The molecule has 1 heterocycles. The minimum atomic E-state index is -0.911. The van der Waals surface area contributed by atoms with Crippen LogP contribution in [0.1, 0.15) is 69.0 Å². The van der Waals surface area contributed by atoms with Gasteiger partial charge in [0.15, 0.2) is 0 Å². The van der Waals surface area contributed by atoms with Gasteiger partial charge in [-0.3, -0.25) is 9.59 Å². The van der Waals surface area contributed by atoms with Gasteiger partial charge in [0.2, 0.25) is 11.8 Å². The number of fused-ring (bicyclic) bond motifs is 3. The Hall–Kier alpha value is -2.73. The maximum absolute atomic E-state index is 13.7. The third kappa shape index (κ3) is 4.86. The summed E-state index contributed by atoms with van der Waals surface area (Å²) in [5.41, 5.74) is 1.72. The fourth-order valence-corrected chi connectivity index (χ4v) is 6.40. The first-order valence-electron chi connectivity index (χ1n) is 13.0. The normalized spacial score (nSPS) is 30.0. The van der Waals surface area contributed by atoms with Gasteiger partial charge in [-0.25, -0.2) is 4.39 Å². The molecule has 35 heavy (non-hydrogen) atoms.